The number of nitrogens with one attached hydrogen (secondary N) is 1. The van der Waals surface area contributed by atoms with Crippen molar-refractivity contribution in [3.8, 4) is 0 Å². The Hall–Kier alpha value is -2.13. The summed E-state index contributed by atoms with van der Waals surface area (Å²) in [5.41, 5.74) is 2.29. The largest absolute Gasteiger partial charge is 0.308 e. The lowest BCUT2D eigenvalue weighted by Crippen LogP contribution is -2.39. The fraction of sp³-hybridized carbons (Fsp3) is 0.316. The molecule has 1 heterocycles. The Balaban J connectivity index is 1.58. The zero-order chi connectivity index (χ0) is 15.4. The third kappa shape index (κ3) is 3.20. The van der Waals surface area contributed by atoms with Crippen LogP contribution < -0.4 is 10.2 Å². The predicted molar refractivity (Wildman–Crippen MR) is 89.9 cm³/mol. The van der Waals surface area contributed by atoms with E-state index in [9.17, 15) is 4.79 Å². The number of hydrogen-bond donors (Lipinski definition) is 1. The molecular formula is C19H22N2O. The Kier molecular flexibility index (Phi) is 4.54. The number of carbonyl (C=O) groups is 1. The highest BCUT2D eigenvalue weighted by Gasteiger charge is 2.37. The van der Waals surface area contributed by atoms with Gasteiger partial charge in [0.2, 0.25) is 5.91 Å². The molecule has 1 fully saturated rings. The Morgan fingerprint density at radius 1 is 1.05 bits per heavy atom. The van der Waals surface area contributed by atoms with E-state index in [4.69, 9.17) is 0 Å². The van der Waals surface area contributed by atoms with Gasteiger partial charge in [0.1, 0.15) is 0 Å². The van der Waals surface area contributed by atoms with Crippen molar-refractivity contribution in [2.24, 2.45) is 0 Å². The van der Waals surface area contributed by atoms with Crippen LogP contribution in [0.4, 0.5) is 5.69 Å². The molecule has 0 unspecified atom stereocenters. The standard InChI is InChI=1S/C19H22N2O/c1-15-14-18(20-13-12-16-8-4-2-5-9-16)19(22)21(15)17-10-6-3-7-11-17/h2-11,15,18,20H,12-14H2,1H3/t15-,18-/m0/s1. The van der Waals surface area contributed by atoms with Gasteiger partial charge in [-0.15, -0.1) is 0 Å². The number of benzene rings is 2. The molecule has 1 aliphatic heterocycles. The molecule has 1 amide bonds. The van der Waals surface area contributed by atoms with Crippen LogP contribution in [0, 0.1) is 0 Å². The highest BCUT2D eigenvalue weighted by molar-refractivity contribution is 6.00. The Labute approximate surface area is 132 Å². The summed E-state index contributed by atoms with van der Waals surface area (Å²) < 4.78 is 0. The fourth-order valence-corrected chi connectivity index (χ4v) is 3.11. The number of anilines is 1. The average Bonchev–Trinajstić information content (AvgIpc) is 2.83. The van der Waals surface area contributed by atoms with Crippen molar-refractivity contribution < 1.29 is 4.79 Å². The number of para-hydroxylation sites is 1. The highest BCUT2D eigenvalue weighted by atomic mass is 16.2. The van der Waals surface area contributed by atoms with Crippen LogP contribution in [0.1, 0.15) is 18.9 Å². The molecule has 0 aliphatic carbocycles. The fourth-order valence-electron chi connectivity index (χ4n) is 3.11. The Morgan fingerprint density at radius 2 is 1.68 bits per heavy atom. The lowest BCUT2D eigenvalue weighted by Gasteiger charge is -2.21. The molecule has 22 heavy (non-hydrogen) atoms. The van der Waals surface area contributed by atoms with Crippen LogP contribution in [0.15, 0.2) is 60.7 Å². The molecule has 3 nitrogen and oxygen atoms in total. The van der Waals surface area contributed by atoms with E-state index >= 15 is 0 Å². The summed E-state index contributed by atoms with van der Waals surface area (Å²) in [6.07, 6.45) is 1.81. The van der Waals surface area contributed by atoms with E-state index in [0.717, 1.165) is 25.1 Å². The molecular weight excluding hydrogens is 272 g/mol. The molecule has 3 rings (SSSR count). The SMILES string of the molecule is C[C@H]1C[C@H](NCCc2ccccc2)C(=O)N1c1ccccc1. The van der Waals surface area contributed by atoms with Crippen molar-refractivity contribution in [2.45, 2.75) is 31.8 Å². The van der Waals surface area contributed by atoms with Gasteiger partial charge in [0.25, 0.3) is 0 Å². The Morgan fingerprint density at radius 3 is 2.36 bits per heavy atom. The smallest absolute Gasteiger partial charge is 0.244 e. The predicted octanol–water partition coefficient (Wildman–Crippen LogP) is 3.01. The molecule has 1 N–H and O–H groups in total. The van der Waals surface area contributed by atoms with Crippen molar-refractivity contribution in [3.63, 3.8) is 0 Å². The van der Waals surface area contributed by atoms with Crippen LogP contribution >= 0.6 is 0 Å². The van der Waals surface area contributed by atoms with Crippen molar-refractivity contribution >= 4 is 11.6 Å². The summed E-state index contributed by atoms with van der Waals surface area (Å²) in [6, 6.07) is 20.5. The molecule has 2 aromatic rings. The van der Waals surface area contributed by atoms with E-state index in [2.05, 4.69) is 36.5 Å². The number of rotatable bonds is 5. The monoisotopic (exact) mass is 294 g/mol. The Bertz CT molecular complexity index is 612. The molecule has 0 spiro atoms. The third-order valence-corrected chi connectivity index (χ3v) is 4.23. The molecule has 0 bridgehead atoms. The van der Waals surface area contributed by atoms with Gasteiger partial charge in [-0.05, 0) is 44.0 Å². The van der Waals surface area contributed by atoms with Gasteiger partial charge in [-0.2, -0.15) is 0 Å². The van der Waals surface area contributed by atoms with Gasteiger partial charge in [0.15, 0.2) is 0 Å². The van der Waals surface area contributed by atoms with Crippen LogP contribution in [0.5, 0.6) is 0 Å². The van der Waals surface area contributed by atoms with Crippen molar-refractivity contribution in [1.82, 2.24) is 5.32 Å². The maximum Gasteiger partial charge on any atom is 0.244 e. The molecule has 114 valence electrons. The molecule has 1 saturated heterocycles. The number of carbonyl (C=O) groups excluding carboxylic acids is 1. The van der Waals surface area contributed by atoms with Crippen LogP contribution in [0.2, 0.25) is 0 Å². The van der Waals surface area contributed by atoms with Gasteiger partial charge in [0.05, 0.1) is 6.04 Å². The molecule has 0 aromatic heterocycles. The first-order chi connectivity index (χ1) is 10.8. The van der Waals surface area contributed by atoms with Crippen LogP contribution in [0.25, 0.3) is 0 Å². The van der Waals surface area contributed by atoms with E-state index < -0.39 is 0 Å². The number of amides is 1. The first-order valence-electron chi connectivity index (χ1n) is 7.91. The summed E-state index contributed by atoms with van der Waals surface area (Å²) >= 11 is 0. The lowest BCUT2D eigenvalue weighted by molar-refractivity contribution is -0.118. The third-order valence-electron chi connectivity index (χ3n) is 4.23. The minimum atomic E-state index is -0.0704. The molecule has 0 saturated carbocycles. The van der Waals surface area contributed by atoms with Crippen LogP contribution in [0.3, 0.4) is 0 Å². The van der Waals surface area contributed by atoms with Gasteiger partial charge < -0.3 is 10.2 Å². The first kappa shape index (κ1) is 14.8. The van der Waals surface area contributed by atoms with Crippen molar-refractivity contribution in [3.05, 3.63) is 66.2 Å². The van der Waals surface area contributed by atoms with E-state index in [1.807, 2.05) is 41.3 Å². The molecule has 2 aromatic carbocycles. The summed E-state index contributed by atoms with van der Waals surface area (Å²) in [6.45, 7) is 2.94. The minimum Gasteiger partial charge on any atom is -0.308 e. The zero-order valence-corrected chi connectivity index (χ0v) is 12.9. The maximum atomic E-state index is 12.6. The maximum absolute atomic E-state index is 12.6. The van der Waals surface area contributed by atoms with Crippen molar-refractivity contribution in [1.29, 1.82) is 0 Å². The van der Waals surface area contributed by atoms with Gasteiger partial charge in [-0.3, -0.25) is 4.79 Å². The normalized spacial score (nSPS) is 21.3. The number of hydrogen-bond acceptors (Lipinski definition) is 2. The second-order valence-electron chi connectivity index (χ2n) is 5.87. The minimum absolute atomic E-state index is 0.0704. The first-order valence-corrected chi connectivity index (χ1v) is 7.91. The van der Waals surface area contributed by atoms with Gasteiger partial charge in [0, 0.05) is 11.7 Å². The van der Waals surface area contributed by atoms with Gasteiger partial charge in [-0.25, -0.2) is 0 Å². The van der Waals surface area contributed by atoms with E-state index in [1.165, 1.54) is 5.56 Å². The summed E-state index contributed by atoms with van der Waals surface area (Å²) in [5, 5.41) is 3.42. The molecule has 2 atom stereocenters. The second-order valence-corrected chi connectivity index (χ2v) is 5.87. The summed E-state index contributed by atoms with van der Waals surface area (Å²) in [4.78, 5) is 14.5. The molecule has 1 aliphatic rings. The lowest BCUT2D eigenvalue weighted by atomic mass is 10.1. The van der Waals surface area contributed by atoms with Crippen LogP contribution in [-0.4, -0.2) is 24.5 Å². The van der Waals surface area contributed by atoms with E-state index in [1.54, 1.807) is 0 Å². The van der Waals surface area contributed by atoms with Crippen molar-refractivity contribution in [2.75, 3.05) is 11.4 Å². The quantitative estimate of drug-likeness (QED) is 0.919. The number of nitrogens with zero attached hydrogens (tertiary/aromatic N) is 1. The highest BCUT2D eigenvalue weighted by Crippen LogP contribution is 2.26. The topological polar surface area (TPSA) is 32.3 Å². The van der Waals surface area contributed by atoms with Crippen LogP contribution in [-0.2, 0) is 11.2 Å². The molecule has 3 heteroatoms. The van der Waals surface area contributed by atoms with Gasteiger partial charge >= 0.3 is 0 Å². The van der Waals surface area contributed by atoms with E-state index in [-0.39, 0.29) is 18.0 Å². The average molecular weight is 294 g/mol. The molecule has 0 radical (unpaired) electrons. The summed E-state index contributed by atoms with van der Waals surface area (Å²) in [7, 11) is 0. The van der Waals surface area contributed by atoms with Gasteiger partial charge in [-0.1, -0.05) is 48.5 Å². The van der Waals surface area contributed by atoms with E-state index in [0.29, 0.717) is 0 Å². The zero-order valence-electron chi connectivity index (χ0n) is 12.9. The summed E-state index contributed by atoms with van der Waals surface area (Å²) in [5.74, 6) is 0.187. The second kappa shape index (κ2) is 6.75.